The lowest BCUT2D eigenvalue weighted by Gasteiger charge is -2.10. The fraction of sp³-hybridized carbons (Fsp3) is 0.429. The van der Waals surface area contributed by atoms with Crippen molar-refractivity contribution in [1.82, 2.24) is 0 Å². The number of Topliss-reactive ketones (excluding diaryl/α,β-unsaturated/α-hetero) is 2. The second-order valence-corrected chi connectivity index (χ2v) is 4.03. The summed E-state index contributed by atoms with van der Waals surface area (Å²) in [5, 5.41) is 0. The molecule has 0 aliphatic heterocycles. The second kappa shape index (κ2) is 6.18. The van der Waals surface area contributed by atoms with Crippen molar-refractivity contribution in [2.24, 2.45) is 0 Å². The van der Waals surface area contributed by atoms with Gasteiger partial charge in [-0.25, -0.2) is 0 Å². The van der Waals surface area contributed by atoms with E-state index in [1.807, 2.05) is 0 Å². The molecule has 0 fully saturated rings. The SMILES string of the molecule is CCCCOc1ccc(C(C)=O)cc1C(C)=O. The van der Waals surface area contributed by atoms with E-state index < -0.39 is 0 Å². The van der Waals surface area contributed by atoms with E-state index in [-0.39, 0.29) is 11.6 Å². The zero-order valence-electron chi connectivity index (χ0n) is 10.6. The van der Waals surface area contributed by atoms with Gasteiger partial charge < -0.3 is 4.74 Å². The molecule has 0 heterocycles. The van der Waals surface area contributed by atoms with E-state index in [1.54, 1.807) is 18.2 Å². The summed E-state index contributed by atoms with van der Waals surface area (Å²) in [5.41, 5.74) is 1.02. The van der Waals surface area contributed by atoms with E-state index in [9.17, 15) is 9.59 Å². The number of unbranched alkanes of at least 4 members (excludes halogenated alkanes) is 1. The molecule has 3 nitrogen and oxygen atoms in total. The van der Waals surface area contributed by atoms with Crippen LogP contribution in [-0.2, 0) is 0 Å². The molecule has 0 spiro atoms. The predicted octanol–water partition coefficient (Wildman–Crippen LogP) is 3.27. The molecule has 0 saturated carbocycles. The van der Waals surface area contributed by atoms with Crippen LogP contribution in [0.25, 0.3) is 0 Å². The molecule has 0 atom stereocenters. The average Bonchev–Trinajstić information content (AvgIpc) is 2.29. The topological polar surface area (TPSA) is 43.4 Å². The maximum absolute atomic E-state index is 11.5. The Kier molecular flexibility index (Phi) is 4.88. The molecular formula is C14H18O3. The first-order valence-corrected chi connectivity index (χ1v) is 5.85. The third-order valence-electron chi connectivity index (χ3n) is 2.52. The lowest BCUT2D eigenvalue weighted by atomic mass is 10.0. The Hall–Kier alpha value is -1.64. The molecular weight excluding hydrogens is 216 g/mol. The highest BCUT2D eigenvalue weighted by Gasteiger charge is 2.11. The van der Waals surface area contributed by atoms with Crippen LogP contribution in [0.4, 0.5) is 0 Å². The second-order valence-electron chi connectivity index (χ2n) is 4.03. The molecule has 0 aliphatic carbocycles. The first kappa shape index (κ1) is 13.4. The van der Waals surface area contributed by atoms with Crippen LogP contribution in [0.5, 0.6) is 5.75 Å². The lowest BCUT2D eigenvalue weighted by Crippen LogP contribution is -2.04. The van der Waals surface area contributed by atoms with E-state index in [1.165, 1.54) is 13.8 Å². The highest BCUT2D eigenvalue weighted by atomic mass is 16.5. The molecule has 0 radical (unpaired) electrons. The molecule has 1 rings (SSSR count). The number of rotatable bonds is 6. The van der Waals surface area contributed by atoms with Crippen molar-refractivity contribution in [3.8, 4) is 5.75 Å². The van der Waals surface area contributed by atoms with Crippen LogP contribution in [0.2, 0.25) is 0 Å². The van der Waals surface area contributed by atoms with Gasteiger partial charge in [-0.2, -0.15) is 0 Å². The summed E-state index contributed by atoms with van der Waals surface area (Å²) in [5.74, 6) is 0.433. The third-order valence-corrected chi connectivity index (χ3v) is 2.52. The van der Waals surface area contributed by atoms with E-state index in [0.717, 1.165) is 12.8 Å². The largest absolute Gasteiger partial charge is 0.493 e. The Labute approximate surface area is 102 Å². The van der Waals surface area contributed by atoms with Crippen LogP contribution in [0.15, 0.2) is 18.2 Å². The molecule has 0 aliphatic rings. The number of hydrogen-bond donors (Lipinski definition) is 0. The van der Waals surface area contributed by atoms with Gasteiger partial charge in [0.15, 0.2) is 11.6 Å². The van der Waals surface area contributed by atoms with Crippen LogP contribution in [0.3, 0.4) is 0 Å². The summed E-state index contributed by atoms with van der Waals surface area (Å²) in [7, 11) is 0. The smallest absolute Gasteiger partial charge is 0.163 e. The predicted molar refractivity (Wildman–Crippen MR) is 66.9 cm³/mol. The summed E-state index contributed by atoms with van der Waals surface area (Å²) >= 11 is 0. The molecule has 0 N–H and O–H groups in total. The molecule has 0 unspecified atom stereocenters. The number of ketones is 2. The number of carbonyl (C=O) groups is 2. The molecule has 0 bridgehead atoms. The van der Waals surface area contributed by atoms with Crippen LogP contribution in [-0.4, -0.2) is 18.2 Å². The van der Waals surface area contributed by atoms with Gasteiger partial charge in [-0.1, -0.05) is 13.3 Å². The summed E-state index contributed by atoms with van der Waals surface area (Å²) < 4.78 is 5.54. The molecule has 17 heavy (non-hydrogen) atoms. The quantitative estimate of drug-likeness (QED) is 0.560. The number of benzene rings is 1. The number of ether oxygens (including phenoxy) is 1. The zero-order chi connectivity index (χ0) is 12.8. The van der Waals surface area contributed by atoms with Gasteiger partial charge in [-0.05, 0) is 38.5 Å². The Balaban J connectivity index is 2.96. The zero-order valence-corrected chi connectivity index (χ0v) is 10.6. The van der Waals surface area contributed by atoms with Crippen LogP contribution < -0.4 is 4.74 Å². The first-order chi connectivity index (χ1) is 8.06. The maximum Gasteiger partial charge on any atom is 0.163 e. The number of hydrogen-bond acceptors (Lipinski definition) is 3. The standard InChI is InChI=1S/C14H18O3/c1-4-5-8-17-14-7-6-12(10(2)15)9-13(14)11(3)16/h6-7,9H,4-5,8H2,1-3H3. The Morgan fingerprint density at radius 2 is 1.88 bits per heavy atom. The van der Waals surface area contributed by atoms with E-state index in [4.69, 9.17) is 4.74 Å². The van der Waals surface area contributed by atoms with Gasteiger partial charge in [-0.3, -0.25) is 9.59 Å². The molecule has 1 aromatic carbocycles. The minimum atomic E-state index is -0.0837. The minimum absolute atomic E-state index is 0.0485. The molecule has 0 aromatic heterocycles. The van der Waals surface area contributed by atoms with Gasteiger partial charge in [-0.15, -0.1) is 0 Å². The fourth-order valence-corrected chi connectivity index (χ4v) is 1.48. The molecule has 0 saturated heterocycles. The molecule has 0 amide bonds. The van der Waals surface area contributed by atoms with Gasteiger partial charge in [0.1, 0.15) is 5.75 Å². The summed E-state index contributed by atoms with van der Waals surface area (Å²) in [4.78, 5) is 22.7. The van der Waals surface area contributed by atoms with Gasteiger partial charge in [0.25, 0.3) is 0 Å². The molecule has 92 valence electrons. The highest BCUT2D eigenvalue weighted by Crippen LogP contribution is 2.21. The van der Waals surface area contributed by atoms with Crippen molar-refractivity contribution in [1.29, 1.82) is 0 Å². The monoisotopic (exact) mass is 234 g/mol. The van der Waals surface area contributed by atoms with Crippen LogP contribution in [0, 0.1) is 0 Å². The van der Waals surface area contributed by atoms with E-state index in [2.05, 4.69) is 6.92 Å². The first-order valence-electron chi connectivity index (χ1n) is 5.85. The fourth-order valence-electron chi connectivity index (χ4n) is 1.48. The minimum Gasteiger partial charge on any atom is -0.493 e. The molecule has 1 aromatic rings. The lowest BCUT2D eigenvalue weighted by molar-refractivity contribution is 0.101. The van der Waals surface area contributed by atoms with Crippen molar-refractivity contribution >= 4 is 11.6 Å². The maximum atomic E-state index is 11.5. The van der Waals surface area contributed by atoms with Gasteiger partial charge >= 0.3 is 0 Å². The van der Waals surface area contributed by atoms with Gasteiger partial charge in [0, 0.05) is 5.56 Å². The Bertz CT molecular complexity index is 421. The normalized spacial score (nSPS) is 10.1. The van der Waals surface area contributed by atoms with Gasteiger partial charge in [0.2, 0.25) is 0 Å². The van der Waals surface area contributed by atoms with Crippen molar-refractivity contribution in [2.45, 2.75) is 33.6 Å². The summed E-state index contributed by atoms with van der Waals surface area (Å²) in [6.45, 7) is 5.63. The van der Waals surface area contributed by atoms with Crippen molar-refractivity contribution < 1.29 is 14.3 Å². The van der Waals surface area contributed by atoms with Crippen LogP contribution >= 0.6 is 0 Å². The third kappa shape index (κ3) is 3.70. The number of carbonyl (C=O) groups excluding carboxylic acids is 2. The Morgan fingerprint density at radius 3 is 2.41 bits per heavy atom. The van der Waals surface area contributed by atoms with Crippen LogP contribution in [0.1, 0.15) is 54.3 Å². The molecule has 3 heteroatoms. The Morgan fingerprint density at radius 1 is 1.18 bits per heavy atom. The highest BCUT2D eigenvalue weighted by molar-refractivity contribution is 6.01. The van der Waals surface area contributed by atoms with Crippen molar-refractivity contribution in [3.05, 3.63) is 29.3 Å². The van der Waals surface area contributed by atoms with Crippen molar-refractivity contribution in [3.63, 3.8) is 0 Å². The van der Waals surface area contributed by atoms with E-state index in [0.29, 0.717) is 23.5 Å². The van der Waals surface area contributed by atoms with E-state index >= 15 is 0 Å². The summed E-state index contributed by atoms with van der Waals surface area (Å²) in [6, 6.07) is 4.99. The average molecular weight is 234 g/mol. The summed E-state index contributed by atoms with van der Waals surface area (Å²) in [6.07, 6.45) is 1.99. The van der Waals surface area contributed by atoms with Gasteiger partial charge in [0.05, 0.1) is 12.2 Å². The van der Waals surface area contributed by atoms with Crippen molar-refractivity contribution in [2.75, 3.05) is 6.61 Å².